The normalized spacial score (nSPS) is 27.5. The van der Waals surface area contributed by atoms with Crippen molar-refractivity contribution in [2.24, 2.45) is 5.92 Å². The van der Waals surface area contributed by atoms with Crippen LogP contribution in [0.5, 0.6) is 0 Å². The molecule has 1 aliphatic rings. The van der Waals surface area contributed by atoms with Crippen LogP contribution in [0.3, 0.4) is 0 Å². The van der Waals surface area contributed by atoms with Gasteiger partial charge >= 0.3 is 0 Å². The van der Waals surface area contributed by atoms with Crippen LogP contribution in [0.25, 0.3) is 0 Å². The van der Waals surface area contributed by atoms with Crippen molar-refractivity contribution < 1.29 is 13.9 Å². The first-order valence-corrected chi connectivity index (χ1v) is 7.19. The fourth-order valence-electron chi connectivity index (χ4n) is 3.13. The van der Waals surface area contributed by atoms with E-state index < -0.39 is 17.2 Å². The topological polar surface area (TPSA) is 20.2 Å². The Kier molecular flexibility index (Phi) is 4.56. The summed E-state index contributed by atoms with van der Waals surface area (Å²) in [6.45, 7) is 2.17. The number of benzene rings is 1. The Morgan fingerprint density at radius 3 is 2.58 bits per heavy atom. The summed E-state index contributed by atoms with van der Waals surface area (Å²) in [7, 11) is 0. The number of halogens is 2. The van der Waals surface area contributed by atoms with Crippen LogP contribution in [-0.4, -0.2) is 10.7 Å². The van der Waals surface area contributed by atoms with Crippen molar-refractivity contribution in [1.82, 2.24) is 0 Å². The van der Waals surface area contributed by atoms with Gasteiger partial charge in [0, 0.05) is 6.42 Å². The number of aliphatic hydroxyl groups is 1. The molecule has 1 aromatic carbocycles. The molecule has 0 atom stereocenters. The molecule has 2 rings (SSSR count). The molecule has 1 nitrogen and oxygen atoms in total. The van der Waals surface area contributed by atoms with E-state index in [1.165, 1.54) is 18.9 Å². The van der Waals surface area contributed by atoms with Gasteiger partial charge in [0.15, 0.2) is 11.6 Å². The predicted octanol–water partition coefficient (Wildman–Crippen LogP) is 4.23. The molecule has 0 unspecified atom stereocenters. The Morgan fingerprint density at radius 1 is 1.26 bits per heavy atom. The second-order valence-electron chi connectivity index (χ2n) is 5.85. The number of hydrogen-bond acceptors (Lipinski definition) is 1. The minimum atomic E-state index is -0.862. The lowest BCUT2D eigenvalue weighted by atomic mass is 9.74. The number of hydrogen-bond donors (Lipinski definition) is 1. The lowest BCUT2D eigenvalue weighted by Gasteiger charge is -2.36. The smallest absolute Gasteiger partial charge is 0.162 e. The highest BCUT2D eigenvalue weighted by Gasteiger charge is 2.33. The van der Waals surface area contributed by atoms with Gasteiger partial charge < -0.3 is 5.11 Å². The van der Waals surface area contributed by atoms with E-state index in [1.807, 2.05) is 0 Å². The van der Waals surface area contributed by atoms with E-state index in [1.54, 1.807) is 6.07 Å². The van der Waals surface area contributed by atoms with Gasteiger partial charge in [0.1, 0.15) is 0 Å². The van der Waals surface area contributed by atoms with Crippen LogP contribution < -0.4 is 0 Å². The van der Waals surface area contributed by atoms with Gasteiger partial charge in [0.05, 0.1) is 5.60 Å². The van der Waals surface area contributed by atoms with Crippen LogP contribution in [0.15, 0.2) is 18.2 Å². The zero-order chi connectivity index (χ0) is 13.9. The average Bonchev–Trinajstić information content (AvgIpc) is 2.38. The molecule has 3 heteroatoms. The minimum Gasteiger partial charge on any atom is -0.390 e. The molecule has 106 valence electrons. The maximum Gasteiger partial charge on any atom is 0.162 e. The molecule has 1 aliphatic carbocycles. The lowest BCUT2D eigenvalue weighted by Crippen LogP contribution is -2.36. The highest BCUT2D eigenvalue weighted by molar-refractivity contribution is 5.21. The first kappa shape index (κ1) is 14.4. The summed E-state index contributed by atoms with van der Waals surface area (Å²) >= 11 is 0. The van der Waals surface area contributed by atoms with Crippen LogP contribution in [0.1, 0.15) is 51.0 Å². The van der Waals surface area contributed by atoms with Crippen LogP contribution in [0, 0.1) is 17.6 Å². The zero-order valence-electron chi connectivity index (χ0n) is 11.5. The molecule has 1 aromatic rings. The molecule has 1 saturated carbocycles. The van der Waals surface area contributed by atoms with E-state index in [2.05, 4.69) is 6.92 Å². The molecule has 1 N–H and O–H groups in total. The molecule has 0 aliphatic heterocycles. The SMILES string of the molecule is CCCC1CCC(O)(Cc2cccc(F)c2F)CC1. The summed E-state index contributed by atoms with van der Waals surface area (Å²) in [6, 6.07) is 4.18. The third kappa shape index (κ3) is 3.53. The van der Waals surface area contributed by atoms with Crippen molar-refractivity contribution in [2.45, 2.75) is 57.5 Å². The Hall–Kier alpha value is -0.960. The molecule has 0 spiro atoms. The summed E-state index contributed by atoms with van der Waals surface area (Å²) in [6.07, 6.45) is 5.94. The van der Waals surface area contributed by atoms with Crippen molar-refractivity contribution in [2.75, 3.05) is 0 Å². The van der Waals surface area contributed by atoms with Gasteiger partial charge in [-0.2, -0.15) is 0 Å². The first-order chi connectivity index (χ1) is 9.04. The Morgan fingerprint density at radius 2 is 1.95 bits per heavy atom. The van der Waals surface area contributed by atoms with Crippen molar-refractivity contribution >= 4 is 0 Å². The van der Waals surface area contributed by atoms with E-state index in [4.69, 9.17) is 0 Å². The molecule has 0 aromatic heterocycles. The highest BCUT2D eigenvalue weighted by atomic mass is 19.2. The third-order valence-corrected chi connectivity index (χ3v) is 4.28. The Balaban J connectivity index is 2.01. The molecule has 0 radical (unpaired) electrons. The largest absolute Gasteiger partial charge is 0.390 e. The van der Waals surface area contributed by atoms with Crippen molar-refractivity contribution in [3.63, 3.8) is 0 Å². The van der Waals surface area contributed by atoms with Crippen LogP contribution in [0.2, 0.25) is 0 Å². The summed E-state index contributed by atoms with van der Waals surface area (Å²) < 4.78 is 26.8. The van der Waals surface area contributed by atoms with E-state index >= 15 is 0 Å². The van der Waals surface area contributed by atoms with Gasteiger partial charge in [-0.3, -0.25) is 0 Å². The van der Waals surface area contributed by atoms with Gasteiger partial charge in [0.25, 0.3) is 0 Å². The van der Waals surface area contributed by atoms with Crippen molar-refractivity contribution in [3.05, 3.63) is 35.4 Å². The predicted molar refractivity (Wildman–Crippen MR) is 71.9 cm³/mol. The van der Waals surface area contributed by atoms with Gasteiger partial charge in [-0.05, 0) is 43.2 Å². The summed E-state index contributed by atoms with van der Waals surface area (Å²) in [5.41, 5.74) is -0.574. The Bertz CT molecular complexity index is 423. The zero-order valence-corrected chi connectivity index (χ0v) is 11.5. The molecule has 0 amide bonds. The molecule has 0 saturated heterocycles. The van der Waals surface area contributed by atoms with Crippen LogP contribution in [0.4, 0.5) is 8.78 Å². The van der Waals surface area contributed by atoms with Gasteiger partial charge in [-0.25, -0.2) is 8.78 Å². The third-order valence-electron chi connectivity index (χ3n) is 4.28. The summed E-state index contributed by atoms with van der Waals surface area (Å²) in [5, 5.41) is 10.5. The van der Waals surface area contributed by atoms with Crippen LogP contribution in [-0.2, 0) is 6.42 Å². The first-order valence-electron chi connectivity index (χ1n) is 7.19. The lowest BCUT2D eigenvalue weighted by molar-refractivity contribution is -0.0106. The van der Waals surface area contributed by atoms with Crippen molar-refractivity contribution in [1.29, 1.82) is 0 Å². The van der Waals surface area contributed by atoms with Gasteiger partial charge in [-0.1, -0.05) is 31.9 Å². The fraction of sp³-hybridized carbons (Fsp3) is 0.625. The second-order valence-corrected chi connectivity index (χ2v) is 5.85. The van der Waals surface area contributed by atoms with E-state index in [0.717, 1.165) is 18.9 Å². The van der Waals surface area contributed by atoms with E-state index in [0.29, 0.717) is 18.8 Å². The minimum absolute atomic E-state index is 0.218. The number of rotatable bonds is 4. The molecule has 19 heavy (non-hydrogen) atoms. The average molecular weight is 268 g/mol. The van der Waals surface area contributed by atoms with Crippen molar-refractivity contribution in [3.8, 4) is 0 Å². The standard InChI is InChI=1S/C16H22F2O/c1-2-4-12-7-9-16(19,10-8-12)11-13-5-3-6-14(17)15(13)18/h3,5-6,12,19H,2,4,7-11H2,1H3. The summed E-state index contributed by atoms with van der Waals surface area (Å²) in [5.74, 6) is -0.963. The van der Waals surface area contributed by atoms with Crippen LogP contribution >= 0.6 is 0 Å². The molecule has 0 heterocycles. The molecule has 0 bridgehead atoms. The highest BCUT2D eigenvalue weighted by Crippen LogP contribution is 2.36. The quantitative estimate of drug-likeness (QED) is 0.866. The van der Waals surface area contributed by atoms with Gasteiger partial charge in [-0.15, -0.1) is 0 Å². The van der Waals surface area contributed by atoms with Gasteiger partial charge in [0.2, 0.25) is 0 Å². The Labute approximate surface area is 113 Å². The molecular weight excluding hydrogens is 246 g/mol. The van der Waals surface area contributed by atoms with E-state index in [-0.39, 0.29) is 12.0 Å². The summed E-state index contributed by atoms with van der Waals surface area (Å²) in [4.78, 5) is 0. The molecular formula is C16H22F2O. The van der Waals surface area contributed by atoms with E-state index in [9.17, 15) is 13.9 Å². The second kappa shape index (κ2) is 6.00. The maximum absolute atomic E-state index is 13.6. The fourth-order valence-corrected chi connectivity index (χ4v) is 3.13. The molecule has 1 fully saturated rings. The monoisotopic (exact) mass is 268 g/mol. The maximum atomic E-state index is 13.6.